The first-order valence-corrected chi connectivity index (χ1v) is 7.51. The van der Waals surface area contributed by atoms with E-state index in [0.29, 0.717) is 11.6 Å². The van der Waals surface area contributed by atoms with E-state index in [9.17, 15) is 0 Å². The van der Waals surface area contributed by atoms with Gasteiger partial charge >= 0.3 is 0 Å². The van der Waals surface area contributed by atoms with Crippen LogP contribution >= 0.6 is 0 Å². The third-order valence-corrected chi connectivity index (χ3v) is 4.13. The molecule has 0 aliphatic heterocycles. The molecule has 0 spiro atoms. The molecule has 0 bridgehead atoms. The summed E-state index contributed by atoms with van der Waals surface area (Å²) >= 11 is 0. The maximum Gasteiger partial charge on any atom is 0.242 e. The third kappa shape index (κ3) is 2.81. The highest BCUT2D eigenvalue weighted by Crippen LogP contribution is 2.37. The van der Waals surface area contributed by atoms with Crippen molar-refractivity contribution in [2.45, 2.75) is 44.6 Å². The SMILES string of the molecule is CC(C)(Oc1ccc(C2CCC2)cc1)c1nnc(N)nc1N. The molecule has 0 radical (unpaired) electrons. The number of ether oxygens (including phenoxy) is 1. The van der Waals surface area contributed by atoms with E-state index < -0.39 is 5.60 Å². The third-order valence-electron chi connectivity index (χ3n) is 4.13. The van der Waals surface area contributed by atoms with Crippen LogP contribution in [-0.4, -0.2) is 15.2 Å². The molecule has 0 amide bonds. The van der Waals surface area contributed by atoms with Crippen molar-refractivity contribution in [1.82, 2.24) is 15.2 Å². The van der Waals surface area contributed by atoms with E-state index in [4.69, 9.17) is 16.2 Å². The predicted molar refractivity (Wildman–Crippen MR) is 85.3 cm³/mol. The summed E-state index contributed by atoms with van der Waals surface area (Å²) in [6, 6.07) is 8.24. The Morgan fingerprint density at radius 2 is 1.77 bits per heavy atom. The molecule has 116 valence electrons. The normalized spacial score (nSPS) is 15.4. The van der Waals surface area contributed by atoms with Crippen molar-refractivity contribution in [3.63, 3.8) is 0 Å². The Morgan fingerprint density at radius 1 is 1.09 bits per heavy atom. The van der Waals surface area contributed by atoms with Crippen molar-refractivity contribution in [2.24, 2.45) is 0 Å². The molecule has 1 fully saturated rings. The zero-order chi connectivity index (χ0) is 15.7. The Labute approximate surface area is 129 Å². The number of nitrogen functional groups attached to an aromatic ring is 2. The summed E-state index contributed by atoms with van der Waals surface area (Å²) in [4.78, 5) is 3.94. The Hall–Kier alpha value is -2.37. The van der Waals surface area contributed by atoms with Gasteiger partial charge in [-0.3, -0.25) is 0 Å². The van der Waals surface area contributed by atoms with Gasteiger partial charge in [-0.25, -0.2) is 0 Å². The van der Waals surface area contributed by atoms with Crippen LogP contribution in [0, 0.1) is 0 Å². The van der Waals surface area contributed by atoms with Crippen LogP contribution in [0.4, 0.5) is 11.8 Å². The van der Waals surface area contributed by atoms with Crippen LogP contribution in [0.25, 0.3) is 0 Å². The Balaban J connectivity index is 1.78. The van der Waals surface area contributed by atoms with E-state index in [1.165, 1.54) is 24.8 Å². The average Bonchev–Trinajstić information content (AvgIpc) is 2.38. The highest BCUT2D eigenvalue weighted by molar-refractivity contribution is 5.41. The van der Waals surface area contributed by atoms with E-state index in [1.807, 2.05) is 26.0 Å². The fraction of sp³-hybridized carbons (Fsp3) is 0.438. The highest BCUT2D eigenvalue weighted by atomic mass is 16.5. The van der Waals surface area contributed by atoms with Gasteiger partial charge < -0.3 is 16.2 Å². The molecule has 4 N–H and O–H groups in total. The van der Waals surface area contributed by atoms with Gasteiger partial charge in [-0.1, -0.05) is 18.6 Å². The minimum atomic E-state index is -0.740. The molecule has 1 saturated carbocycles. The topological polar surface area (TPSA) is 99.9 Å². The largest absolute Gasteiger partial charge is 0.481 e. The zero-order valence-electron chi connectivity index (χ0n) is 12.9. The smallest absolute Gasteiger partial charge is 0.242 e. The summed E-state index contributed by atoms with van der Waals surface area (Å²) in [6.07, 6.45) is 3.90. The van der Waals surface area contributed by atoms with Gasteiger partial charge in [-0.15, -0.1) is 10.2 Å². The average molecular weight is 299 g/mol. The van der Waals surface area contributed by atoms with Crippen LogP contribution < -0.4 is 16.2 Å². The lowest BCUT2D eigenvalue weighted by Gasteiger charge is -2.28. The van der Waals surface area contributed by atoms with Crippen LogP contribution in [0.3, 0.4) is 0 Å². The lowest BCUT2D eigenvalue weighted by Crippen LogP contribution is -2.29. The van der Waals surface area contributed by atoms with Gasteiger partial charge in [-0.05, 0) is 50.3 Å². The van der Waals surface area contributed by atoms with E-state index in [2.05, 4.69) is 27.3 Å². The van der Waals surface area contributed by atoms with Gasteiger partial charge in [0.25, 0.3) is 0 Å². The Bertz CT molecular complexity index is 665. The van der Waals surface area contributed by atoms with Crippen LogP contribution in [0.2, 0.25) is 0 Å². The van der Waals surface area contributed by atoms with Gasteiger partial charge in [0, 0.05) is 0 Å². The lowest BCUT2D eigenvalue weighted by molar-refractivity contribution is 0.103. The maximum absolute atomic E-state index is 6.03. The van der Waals surface area contributed by atoms with Crippen molar-refractivity contribution in [3.05, 3.63) is 35.5 Å². The molecule has 0 saturated heterocycles. The molecule has 1 aliphatic rings. The first-order valence-electron chi connectivity index (χ1n) is 7.51. The lowest BCUT2D eigenvalue weighted by atomic mass is 9.80. The molecular formula is C16H21N5O. The molecule has 1 aliphatic carbocycles. The number of nitrogens with zero attached hydrogens (tertiary/aromatic N) is 3. The van der Waals surface area contributed by atoms with Crippen LogP contribution in [0.5, 0.6) is 5.75 Å². The Kier molecular flexibility index (Phi) is 3.60. The van der Waals surface area contributed by atoms with Crippen molar-refractivity contribution in [3.8, 4) is 5.75 Å². The van der Waals surface area contributed by atoms with Crippen LogP contribution in [0.1, 0.15) is 50.3 Å². The van der Waals surface area contributed by atoms with Gasteiger partial charge in [0.1, 0.15) is 11.4 Å². The van der Waals surface area contributed by atoms with Crippen LogP contribution in [0.15, 0.2) is 24.3 Å². The number of aromatic nitrogens is 3. The Morgan fingerprint density at radius 3 is 2.32 bits per heavy atom. The van der Waals surface area contributed by atoms with E-state index in [-0.39, 0.29) is 11.8 Å². The fourth-order valence-electron chi connectivity index (χ4n) is 2.67. The molecule has 0 atom stereocenters. The van der Waals surface area contributed by atoms with Gasteiger partial charge in [-0.2, -0.15) is 4.98 Å². The molecule has 6 heteroatoms. The second kappa shape index (κ2) is 5.44. The quantitative estimate of drug-likeness (QED) is 0.900. The summed E-state index contributed by atoms with van der Waals surface area (Å²) in [5.74, 6) is 1.78. The van der Waals surface area contributed by atoms with Crippen molar-refractivity contribution < 1.29 is 4.74 Å². The number of anilines is 2. The summed E-state index contributed by atoms with van der Waals surface area (Å²) in [5.41, 5.74) is 12.5. The monoisotopic (exact) mass is 299 g/mol. The molecule has 1 aromatic carbocycles. The second-order valence-corrected chi connectivity index (χ2v) is 6.21. The number of rotatable bonds is 4. The molecule has 0 unspecified atom stereocenters. The molecule has 1 aromatic heterocycles. The van der Waals surface area contributed by atoms with Crippen molar-refractivity contribution >= 4 is 11.8 Å². The summed E-state index contributed by atoms with van der Waals surface area (Å²) in [6.45, 7) is 3.76. The van der Waals surface area contributed by atoms with Crippen molar-refractivity contribution in [1.29, 1.82) is 0 Å². The number of hydrogen-bond acceptors (Lipinski definition) is 6. The van der Waals surface area contributed by atoms with Gasteiger partial charge in [0.15, 0.2) is 11.4 Å². The second-order valence-electron chi connectivity index (χ2n) is 6.21. The number of hydrogen-bond donors (Lipinski definition) is 2. The standard InChI is InChI=1S/C16H21N5O/c1-16(2,13-14(17)19-15(18)21-20-13)22-12-8-6-11(7-9-12)10-4-3-5-10/h6-10H,3-5H2,1-2H3,(H4,17,18,19,21). The van der Waals surface area contributed by atoms with E-state index >= 15 is 0 Å². The molecule has 1 heterocycles. The van der Waals surface area contributed by atoms with Crippen LogP contribution in [-0.2, 0) is 5.60 Å². The van der Waals surface area contributed by atoms with E-state index in [0.717, 1.165) is 5.75 Å². The molecule has 3 rings (SSSR count). The van der Waals surface area contributed by atoms with Gasteiger partial charge in [0.2, 0.25) is 5.95 Å². The minimum Gasteiger partial charge on any atom is -0.481 e. The first kappa shape index (κ1) is 14.6. The van der Waals surface area contributed by atoms with Gasteiger partial charge in [0.05, 0.1) is 0 Å². The highest BCUT2D eigenvalue weighted by Gasteiger charge is 2.29. The van der Waals surface area contributed by atoms with Crippen molar-refractivity contribution in [2.75, 3.05) is 11.5 Å². The maximum atomic E-state index is 6.03. The molecule has 22 heavy (non-hydrogen) atoms. The molecule has 6 nitrogen and oxygen atoms in total. The number of benzene rings is 1. The zero-order valence-corrected chi connectivity index (χ0v) is 12.9. The minimum absolute atomic E-state index is 0.0573. The summed E-state index contributed by atoms with van der Waals surface area (Å²) < 4.78 is 6.03. The van der Waals surface area contributed by atoms with E-state index in [1.54, 1.807) is 0 Å². The fourth-order valence-corrected chi connectivity index (χ4v) is 2.67. The summed E-state index contributed by atoms with van der Waals surface area (Å²) in [7, 11) is 0. The molecular weight excluding hydrogens is 278 g/mol. The summed E-state index contributed by atoms with van der Waals surface area (Å²) in [5, 5.41) is 7.79. The number of nitrogens with two attached hydrogens (primary N) is 2. The molecule has 2 aromatic rings. The first-order chi connectivity index (χ1) is 10.5. The predicted octanol–water partition coefficient (Wildman–Crippen LogP) is 2.62.